The van der Waals surface area contributed by atoms with E-state index in [-0.39, 0.29) is 18.4 Å². The summed E-state index contributed by atoms with van der Waals surface area (Å²) in [7, 11) is 0. The van der Waals surface area contributed by atoms with Crippen LogP contribution in [-0.2, 0) is 15.3 Å². The maximum atomic E-state index is 12.8. The number of halogens is 1. The fourth-order valence-corrected chi connectivity index (χ4v) is 6.68. The topological polar surface area (TPSA) is 75.2 Å². The van der Waals surface area contributed by atoms with Crippen molar-refractivity contribution < 1.29 is 9.59 Å². The number of amides is 2. The van der Waals surface area contributed by atoms with E-state index in [9.17, 15) is 9.59 Å². The van der Waals surface area contributed by atoms with Crippen LogP contribution in [0.15, 0.2) is 76.0 Å². The average Bonchev–Trinajstić information content (AvgIpc) is 3.43. The Kier molecular flexibility index (Phi) is 7.68. The summed E-state index contributed by atoms with van der Waals surface area (Å²) in [6, 6.07) is 21.6. The summed E-state index contributed by atoms with van der Waals surface area (Å²) < 4.78 is 1.08. The van der Waals surface area contributed by atoms with Crippen LogP contribution in [0.5, 0.6) is 0 Å². The summed E-state index contributed by atoms with van der Waals surface area (Å²) in [6.45, 7) is -0.194. The lowest BCUT2D eigenvalue weighted by Crippen LogP contribution is -2.36. The number of nitrogens with zero attached hydrogens (tertiary/aromatic N) is 3. The highest BCUT2D eigenvalue weighted by molar-refractivity contribution is 8.26. The Balaban J connectivity index is 1.18. The molecule has 0 saturated carbocycles. The van der Waals surface area contributed by atoms with Crippen LogP contribution in [0.4, 0.5) is 5.13 Å². The summed E-state index contributed by atoms with van der Waals surface area (Å²) in [4.78, 5) is 27.2. The van der Waals surface area contributed by atoms with Crippen molar-refractivity contribution in [3.63, 3.8) is 0 Å². The number of carbonyl (C=O) groups is 2. The monoisotopic (exact) mass is 568 g/mol. The Bertz CT molecular complexity index is 1500. The SMILES string of the molecule is O=C(CN1C(=O)/C(=C/c2ccc(Cl)cc2)SC1=S)Nc1nnc(SCc2cccc3ccccc23)s1. The molecule has 1 fully saturated rings. The molecule has 5 rings (SSSR count). The molecule has 1 aliphatic rings. The Morgan fingerprint density at radius 3 is 2.69 bits per heavy atom. The van der Waals surface area contributed by atoms with Gasteiger partial charge in [-0.05, 0) is 40.1 Å². The van der Waals surface area contributed by atoms with E-state index in [1.165, 1.54) is 44.3 Å². The molecule has 0 unspecified atom stereocenters. The molecule has 11 heteroatoms. The van der Waals surface area contributed by atoms with E-state index in [4.69, 9.17) is 23.8 Å². The van der Waals surface area contributed by atoms with Crippen LogP contribution in [0.25, 0.3) is 16.8 Å². The average molecular weight is 569 g/mol. The molecule has 180 valence electrons. The third kappa shape index (κ3) is 5.79. The van der Waals surface area contributed by atoms with Gasteiger partial charge in [-0.15, -0.1) is 10.2 Å². The number of rotatable bonds is 7. The molecule has 0 atom stereocenters. The number of aromatic nitrogens is 2. The van der Waals surface area contributed by atoms with Crippen molar-refractivity contribution in [2.75, 3.05) is 11.9 Å². The second-order valence-electron chi connectivity index (χ2n) is 7.67. The highest BCUT2D eigenvalue weighted by atomic mass is 35.5. The van der Waals surface area contributed by atoms with Gasteiger partial charge >= 0.3 is 0 Å². The number of hydrogen-bond donors (Lipinski definition) is 1. The van der Waals surface area contributed by atoms with Crippen molar-refractivity contribution in [3.05, 3.63) is 87.8 Å². The minimum absolute atomic E-state index is 0.194. The van der Waals surface area contributed by atoms with Crippen molar-refractivity contribution in [2.45, 2.75) is 10.1 Å². The van der Waals surface area contributed by atoms with Crippen LogP contribution in [-0.4, -0.2) is 37.8 Å². The van der Waals surface area contributed by atoms with E-state index in [2.05, 4.69) is 39.8 Å². The molecule has 2 heterocycles. The first-order valence-corrected chi connectivity index (χ1v) is 14.1. The lowest BCUT2D eigenvalue weighted by Gasteiger charge is -2.13. The zero-order chi connectivity index (χ0) is 25.1. The summed E-state index contributed by atoms with van der Waals surface area (Å²) in [5.41, 5.74) is 2.03. The van der Waals surface area contributed by atoms with Crippen molar-refractivity contribution in [1.82, 2.24) is 15.1 Å². The summed E-state index contributed by atoms with van der Waals surface area (Å²) >= 11 is 15.3. The molecule has 0 radical (unpaired) electrons. The van der Waals surface area contributed by atoms with Crippen LogP contribution in [0, 0.1) is 0 Å². The second kappa shape index (κ2) is 11.1. The molecule has 1 aliphatic heterocycles. The molecular formula is C25H17ClN4O2S4. The van der Waals surface area contributed by atoms with E-state index in [1.54, 1.807) is 30.0 Å². The predicted octanol–water partition coefficient (Wildman–Crippen LogP) is 6.48. The molecule has 1 N–H and O–H groups in total. The molecule has 4 aromatic rings. The van der Waals surface area contributed by atoms with E-state index < -0.39 is 0 Å². The molecule has 3 aromatic carbocycles. The van der Waals surface area contributed by atoms with Crippen molar-refractivity contribution >= 4 is 96.8 Å². The van der Waals surface area contributed by atoms with E-state index >= 15 is 0 Å². The lowest BCUT2D eigenvalue weighted by atomic mass is 10.1. The van der Waals surface area contributed by atoms with E-state index in [1.807, 2.05) is 30.3 Å². The number of nitrogens with one attached hydrogen (secondary N) is 1. The predicted molar refractivity (Wildman–Crippen MR) is 153 cm³/mol. The fraction of sp³-hybridized carbons (Fsp3) is 0.0800. The smallest absolute Gasteiger partial charge is 0.266 e. The van der Waals surface area contributed by atoms with E-state index in [0.717, 1.165) is 15.7 Å². The lowest BCUT2D eigenvalue weighted by molar-refractivity contribution is -0.126. The van der Waals surface area contributed by atoms with Crippen molar-refractivity contribution in [1.29, 1.82) is 0 Å². The largest absolute Gasteiger partial charge is 0.299 e. The summed E-state index contributed by atoms with van der Waals surface area (Å²) in [5, 5.41) is 14.4. The number of thiocarbonyl (C=S) groups is 1. The van der Waals surface area contributed by atoms with Crippen molar-refractivity contribution in [3.8, 4) is 0 Å². The maximum absolute atomic E-state index is 12.8. The zero-order valence-corrected chi connectivity index (χ0v) is 22.5. The van der Waals surface area contributed by atoms with Gasteiger partial charge in [-0.3, -0.25) is 19.8 Å². The van der Waals surface area contributed by atoms with Gasteiger partial charge in [0.2, 0.25) is 11.0 Å². The van der Waals surface area contributed by atoms with Gasteiger partial charge in [0.25, 0.3) is 5.91 Å². The number of fused-ring (bicyclic) bond motifs is 1. The van der Waals surface area contributed by atoms with E-state index in [0.29, 0.717) is 19.4 Å². The first-order valence-electron chi connectivity index (χ1n) is 10.7. The van der Waals surface area contributed by atoms with Crippen LogP contribution in [0.3, 0.4) is 0 Å². The van der Waals surface area contributed by atoms with Gasteiger partial charge in [-0.1, -0.05) is 113 Å². The highest BCUT2D eigenvalue weighted by Gasteiger charge is 2.33. The first kappa shape index (κ1) is 24.9. The minimum atomic E-state index is -0.388. The van der Waals surface area contributed by atoms with Crippen LogP contribution < -0.4 is 5.32 Å². The number of thioether (sulfide) groups is 2. The van der Waals surface area contributed by atoms with Gasteiger partial charge in [0.05, 0.1) is 4.91 Å². The molecule has 36 heavy (non-hydrogen) atoms. The van der Waals surface area contributed by atoms with Gasteiger partial charge in [-0.25, -0.2) is 0 Å². The second-order valence-corrected chi connectivity index (χ2v) is 12.0. The van der Waals surface area contributed by atoms with Gasteiger partial charge in [0, 0.05) is 10.8 Å². The standard InChI is InChI=1S/C25H17ClN4O2S4/c26-18-10-8-15(9-11-18)12-20-22(32)30(25(33)35-20)13-21(31)27-23-28-29-24(36-23)34-14-17-6-3-5-16-4-1-2-7-19(16)17/h1-12H,13-14H2,(H,27,28,31)/b20-12-. The number of hydrogen-bond acceptors (Lipinski definition) is 8. The Morgan fingerprint density at radius 1 is 1.08 bits per heavy atom. The Morgan fingerprint density at radius 2 is 1.86 bits per heavy atom. The third-order valence-electron chi connectivity index (χ3n) is 5.23. The Hall–Kier alpha value is -2.76. The fourth-order valence-electron chi connectivity index (χ4n) is 3.53. The van der Waals surface area contributed by atoms with Crippen molar-refractivity contribution in [2.24, 2.45) is 0 Å². The van der Waals surface area contributed by atoms with Gasteiger partial charge in [0.15, 0.2) is 4.34 Å². The quantitative estimate of drug-likeness (QED) is 0.118. The van der Waals surface area contributed by atoms with Crippen LogP contribution in [0.2, 0.25) is 5.02 Å². The minimum Gasteiger partial charge on any atom is -0.299 e. The van der Waals surface area contributed by atoms with Gasteiger partial charge < -0.3 is 0 Å². The van der Waals surface area contributed by atoms with Gasteiger partial charge in [0.1, 0.15) is 10.9 Å². The summed E-state index contributed by atoms with van der Waals surface area (Å²) in [5.74, 6) is 0.0416. The maximum Gasteiger partial charge on any atom is 0.266 e. The third-order valence-corrected chi connectivity index (χ3v) is 8.88. The zero-order valence-electron chi connectivity index (χ0n) is 18.5. The molecule has 0 aliphatic carbocycles. The molecule has 0 spiro atoms. The molecule has 6 nitrogen and oxygen atoms in total. The van der Waals surface area contributed by atoms with Crippen LogP contribution in [0.1, 0.15) is 11.1 Å². The summed E-state index contributed by atoms with van der Waals surface area (Å²) in [6.07, 6.45) is 1.73. The molecule has 1 aromatic heterocycles. The highest BCUT2D eigenvalue weighted by Crippen LogP contribution is 2.33. The molecule has 0 bridgehead atoms. The molecule has 2 amide bonds. The normalized spacial score (nSPS) is 14.7. The number of benzene rings is 3. The van der Waals surface area contributed by atoms with Gasteiger partial charge in [-0.2, -0.15) is 0 Å². The molecule has 1 saturated heterocycles. The Labute approximate surface area is 230 Å². The van der Waals surface area contributed by atoms with Crippen LogP contribution >= 0.6 is 58.7 Å². The first-order chi connectivity index (χ1) is 17.5. The number of anilines is 1. The molecular weight excluding hydrogens is 552 g/mol. The number of carbonyl (C=O) groups excluding carboxylic acids is 2.